The van der Waals surface area contributed by atoms with Gasteiger partial charge < -0.3 is 5.11 Å². The molecule has 2 nitrogen and oxygen atoms in total. The largest absolute Gasteiger partial charge is 0.505 e. The zero-order valence-corrected chi connectivity index (χ0v) is 8.37. The maximum Gasteiger partial charge on any atom is 0.203 e. The van der Waals surface area contributed by atoms with E-state index in [2.05, 4.69) is 0 Å². The van der Waals surface area contributed by atoms with Crippen LogP contribution in [0.1, 0.15) is 27.2 Å². The average Bonchev–Trinajstić information content (AvgIpc) is 2.35. The fourth-order valence-corrected chi connectivity index (χ4v) is 1.68. The van der Waals surface area contributed by atoms with E-state index >= 15 is 0 Å². The van der Waals surface area contributed by atoms with E-state index in [9.17, 15) is 9.90 Å². The molecule has 0 saturated carbocycles. The van der Waals surface area contributed by atoms with Crippen LogP contribution in [0, 0.1) is 11.3 Å². The minimum atomic E-state index is -0.434. The van der Waals surface area contributed by atoms with Crippen LogP contribution in [0.3, 0.4) is 0 Å². The first kappa shape index (κ1) is 10.0. The van der Waals surface area contributed by atoms with Gasteiger partial charge in [-0.3, -0.25) is 4.79 Å². The molecule has 1 aliphatic carbocycles. The molecule has 0 amide bonds. The summed E-state index contributed by atoms with van der Waals surface area (Å²) in [6.45, 7) is 5.84. The predicted molar refractivity (Wildman–Crippen MR) is 52.4 cm³/mol. The number of aliphatic hydroxyl groups excluding tert-OH is 1. The van der Waals surface area contributed by atoms with E-state index in [0.29, 0.717) is 6.42 Å². The number of rotatable bonds is 2. The summed E-state index contributed by atoms with van der Waals surface area (Å²) in [4.78, 5) is 11.6. The van der Waals surface area contributed by atoms with Gasteiger partial charge >= 0.3 is 0 Å². The molecular formula is C11H16O2. The van der Waals surface area contributed by atoms with E-state index in [4.69, 9.17) is 0 Å². The van der Waals surface area contributed by atoms with Gasteiger partial charge in [0, 0.05) is 5.41 Å². The molecule has 0 aromatic carbocycles. The van der Waals surface area contributed by atoms with Crippen LogP contribution in [-0.2, 0) is 4.79 Å². The SMILES string of the molecule is C/C=C/[C@H](C)[C@@]1(C)CC=C(O)C1=O. The Kier molecular flexibility index (Phi) is 2.60. The lowest BCUT2D eigenvalue weighted by Crippen LogP contribution is -2.30. The maximum atomic E-state index is 11.6. The van der Waals surface area contributed by atoms with Crippen LogP contribution in [0.25, 0.3) is 0 Å². The molecule has 0 spiro atoms. The third-order valence-corrected chi connectivity index (χ3v) is 2.96. The summed E-state index contributed by atoms with van der Waals surface area (Å²) in [7, 11) is 0. The molecule has 72 valence electrons. The highest BCUT2D eigenvalue weighted by molar-refractivity contribution is 6.00. The van der Waals surface area contributed by atoms with Gasteiger partial charge in [0.2, 0.25) is 5.78 Å². The minimum Gasteiger partial charge on any atom is -0.505 e. The highest BCUT2D eigenvalue weighted by Gasteiger charge is 2.42. The zero-order chi connectivity index (χ0) is 10.1. The molecule has 13 heavy (non-hydrogen) atoms. The van der Waals surface area contributed by atoms with E-state index in [-0.39, 0.29) is 17.5 Å². The Morgan fingerprint density at radius 2 is 2.31 bits per heavy atom. The van der Waals surface area contributed by atoms with E-state index in [0.717, 1.165) is 0 Å². The smallest absolute Gasteiger partial charge is 0.203 e. The zero-order valence-electron chi connectivity index (χ0n) is 8.37. The Labute approximate surface area is 79.0 Å². The number of aliphatic hydroxyl groups is 1. The molecule has 1 N–H and O–H groups in total. The molecule has 0 fully saturated rings. The fraction of sp³-hybridized carbons (Fsp3) is 0.545. The molecule has 0 aromatic heterocycles. The predicted octanol–water partition coefficient (Wildman–Crippen LogP) is 2.62. The lowest BCUT2D eigenvalue weighted by molar-refractivity contribution is -0.126. The summed E-state index contributed by atoms with van der Waals surface area (Å²) < 4.78 is 0. The molecule has 1 aliphatic rings. The number of carbonyl (C=O) groups is 1. The maximum absolute atomic E-state index is 11.6. The van der Waals surface area contributed by atoms with E-state index in [1.807, 2.05) is 32.9 Å². The van der Waals surface area contributed by atoms with Crippen LogP contribution >= 0.6 is 0 Å². The number of hydrogen-bond acceptors (Lipinski definition) is 2. The van der Waals surface area contributed by atoms with Gasteiger partial charge in [-0.25, -0.2) is 0 Å². The Balaban J connectivity index is 2.86. The molecule has 0 radical (unpaired) electrons. The minimum absolute atomic E-state index is 0.0705. The number of Topliss-reactive ketones (excluding diaryl/α,β-unsaturated/α-hetero) is 1. The van der Waals surface area contributed by atoms with Crippen molar-refractivity contribution in [3.05, 3.63) is 24.0 Å². The van der Waals surface area contributed by atoms with Crippen molar-refractivity contribution in [2.45, 2.75) is 27.2 Å². The molecule has 2 atom stereocenters. The summed E-state index contributed by atoms with van der Waals surface area (Å²) >= 11 is 0. The van der Waals surface area contributed by atoms with Gasteiger partial charge in [-0.15, -0.1) is 0 Å². The van der Waals surface area contributed by atoms with Crippen LogP contribution in [0.15, 0.2) is 24.0 Å². The van der Waals surface area contributed by atoms with Crippen molar-refractivity contribution in [1.82, 2.24) is 0 Å². The number of ketones is 1. The van der Waals surface area contributed by atoms with Crippen molar-refractivity contribution < 1.29 is 9.90 Å². The van der Waals surface area contributed by atoms with Gasteiger partial charge in [-0.05, 0) is 25.3 Å². The van der Waals surface area contributed by atoms with Crippen molar-refractivity contribution in [1.29, 1.82) is 0 Å². The second-order valence-electron chi connectivity index (χ2n) is 3.85. The highest BCUT2D eigenvalue weighted by atomic mass is 16.3. The summed E-state index contributed by atoms with van der Waals surface area (Å²) in [6, 6.07) is 0. The molecule has 2 heteroatoms. The summed E-state index contributed by atoms with van der Waals surface area (Å²) in [6.07, 6.45) is 6.20. The van der Waals surface area contributed by atoms with Gasteiger partial charge in [0.05, 0.1) is 0 Å². The third kappa shape index (κ3) is 1.53. The Morgan fingerprint density at radius 3 is 2.69 bits per heavy atom. The molecule has 0 heterocycles. The van der Waals surface area contributed by atoms with Crippen LogP contribution in [-0.4, -0.2) is 10.9 Å². The lowest BCUT2D eigenvalue weighted by atomic mass is 9.75. The van der Waals surface area contributed by atoms with Crippen molar-refractivity contribution in [2.24, 2.45) is 11.3 Å². The molecule has 0 unspecified atom stereocenters. The number of allylic oxidation sites excluding steroid dienone is 4. The number of hydrogen-bond donors (Lipinski definition) is 1. The van der Waals surface area contributed by atoms with Crippen molar-refractivity contribution in [2.75, 3.05) is 0 Å². The van der Waals surface area contributed by atoms with Crippen molar-refractivity contribution in [3.8, 4) is 0 Å². The molecule has 0 aliphatic heterocycles. The first-order valence-corrected chi connectivity index (χ1v) is 4.59. The van der Waals surface area contributed by atoms with Crippen LogP contribution < -0.4 is 0 Å². The van der Waals surface area contributed by atoms with Crippen molar-refractivity contribution in [3.63, 3.8) is 0 Å². The summed E-state index contributed by atoms with van der Waals surface area (Å²) in [5.74, 6) is -0.0251. The van der Waals surface area contributed by atoms with Crippen LogP contribution in [0.2, 0.25) is 0 Å². The van der Waals surface area contributed by atoms with Gasteiger partial charge in [0.15, 0.2) is 5.76 Å². The highest BCUT2D eigenvalue weighted by Crippen LogP contribution is 2.40. The van der Waals surface area contributed by atoms with Crippen LogP contribution in [0.4, 0.5) is 0 Å². The first-order valence-electron chi connectivity index (χ1n) is 4.59. The molecule has 0 saturated heterocycles. The summed E-state index contributed by atoms with van der Waals surface area (Å²) in [5, 5.41) is 9.24. The normalized spacial score (nSPS) is 31.0. The topological polar surface area (TPSA) is 37.3 Å². The Bertz CT molecular complexity index is 276. The van der Waals surface area contributed by atoms with Gasteiger partial charge in [0.25, 0.3) is 0 Å². The van der Waals surface area contributed by atoms with Gasteiger partial charge in [-0.2, -0.15) is 0 Å². The standard InChI is InChI=1S/C11H16O2/c1-4-5-8(2)11(3)7-6-9(12)10(11)13/h4-6,8,12H,7H2,1-3H3/b5-4+/t8-,11+/m0/s1. The fourth-order valence-electron chi connectivity index (χ4n) is 1.68. The summed E-state index contributed by atoms with van der Waals surface area (Å²) in [5.41, 5.74) is -0.434. The van der Waals surface area contributed by atoms with Gasteiger partial charge in [0.1, 0.15) is 0 Å². The quantitative estimate of drug-likeness (QED) is 0.663. The van der Waals surface area contributed by atoms with E-state index in [1.54, 1.807) is 6.08 Å². The molecule has 0 bridgehead atoms. The van der Waals surface area contributed by atoms with Crippen molar-refractivity contribution >= 4 is 5.78 Å². The Morgan fingerprint density at radius 1 is 1.69 bits per heavy atom. The average molecular weight is 180 g/mol. The molecular weight excluding hydrogens is 164 g/mol. The number of carbonyl (C=O) groups excluding carboxylic acids is 1. The molecule has 1 rings (SSSR count). The Hall–Kier alpha value is -1.05. The van der Waals surface area contributed by atoms with Gasteiger partial charge in [-0.1, -0.05) is 26.0 Å². The van der Waals surface area contributed by atoms with E-state index in [1.165, 1.54) is 0 Å². The third-order valence-electron chi connectivity index (χ3n) is 2.96. The van der Waals surface area contributed by atoms with Crippen LogP contribution in [0.5, 0.6) is 0 Å². The second kappa shape index (κ2) is 3.36. The van der Waals surface area contributed by atoms with E-state index < -0.39 is 5.41 Å². The monoisotopic (exact) mass is 180 g/mol. The lowest BCUT2D eigenvalue weighted by Gasteiger charge is -2.27. The molecule has 0 aromatic rings. The second-order valence-corrected chi connectivity index (χ2v) is 3.85. The first-order chi connectivity index (χ1) is 6.02.